The minimum Gasteiger partial charge on any atom is -0.497 e. The number of ether oxygens (including phenoxy) is 4. The van der Waals surface area contributed by atoms with E-state index in [2.05, 4.69) is 12.7 Å². The summed E-state index contributed by atoms with van der Waals surface area (Å²) >= 11 is 0. The largest absolute Gasteiger partial charge is 0.497 e. The number of allylic oxidation sites excluding steroid dienone is 1. The number of benzene rings is 3. The first-order valence-electron chi connectivity index (χ1n) is 20.9. The second kappa shape index (κ2) is 19.6. The van der Waals surface area contributed by atoms with Crippen LogP contribution >= 0.6 is 0 Å². The Morgan fingerprint density at radius 3 is 2.49 bits per heavy atom. The van der Waals surface area contributed by atoms with Gasteiger partial charge in [-0.2, -0.15) is 0 Å². The minimum absolute atomic E-state index is 0.0465. The molecule has 0 spiro atoms. The Balaban J connectivity index is 1.54. The highest BCUT2D eigenvalue weighted by atomic mass is 19.1. The van der Waals surface area contributed by atoms with Crippen molar-refractivity contribution in [2.24, 2.45) is 22.9 Å². The first-order valence-corrected chi connectivity index (χ1v) is 20.9. The fourth-order valence-electron chi connectivity index (χ4n) is 9.04. The Morgan fingerprint density at radius 2 is 1.78 bits per heavy atom. The average Bonchev–Trinajstić information content (AvgIpc) is 3.22. The molecule has 1 saturated carbocycles. The van der Waals surface area contributed by atoms with E-state index in [4.69, 9.17) is 28.9 Å². The number of unbranched alkanes of at least 4 members (excludes halogenated alkanes) is 2. The molecule has 6 atom stereocenters. The van der Waals surface area contributed by atoms with Gasteiger partial charge < -0.3 is 38.9 Å². The van der Waals surface area contributed by atoms with Gasteiger partial charge in [0, 0.05) is 43.7 Å². The standard InChI is InChI=1S/C48H61FN2O8/c1-7-25-57-48-43(51(5)44(54)27-32-15-14-18-35(26-32)55-6)30-41(50-59-47(2,3)4)38-28-33(16-10-12-23-52)37(19-11-13-24-53)45(46(38)48)39-29-36(21-22-42(39)58-48)56-31-34-17-8-9-20-40(34)49/h7-9,14-15,17-18,20-22,26,28-29,33,37,43,45-46,52-53H,1,10-13,16,19,23-25,27,30-31H2,2-6H3. The summed E-state index contributed by atoms with van der Waals surface area (Å²) in [4.78, 5) is 22.4. The van der Waals surface area contributed by atoms with Crippen molar-refractivity contribution in [3.8, 4) is 17.2 Å². The minimum atomic E-state index is -1.38. The predicted molar refractivity (Wildman–Crippen MR) is 226 cm³/mol. The summed E-state index contributed by atoms with van der Waals surface area (Å²) < 4.78 is 40.7. The van der Waals surface area contributed by atoms with Crippen LogP contribution in [0.25, 0.3) is 0 Å². The number of amides is 1. The van der Waals surface area contributed by atoms with Crippen molar-refractivity contribution in [3.05, 3.63) is 114 Å². The highest BCUT2D eigenvalue weighted by molar-refractivity contribution is 6.03. The molecule has 6 unspecified atom stereocenters. The lowest BCUT2D eigenvalue weighted by Crippen LogP contribution is -2.69. The third-order valence-corrected chi connectivity index (χ3v) is 11.8. The number of oxime groups is 1. The number of halogens is 1. The van der Waals surface area contributed by atoms with Gasteiger partial charge in [0.2, 0.25) is 11.7 Å². The van der Waals surface area contributed by atoms with E-state index in [0.717, 1.165) is 48.1 Å². The van der Waals surface area contributed by atoms with E-state index in [1.165, 1.54) is 6.07 Å². The van der Waals surface area contributed by atoms with E-state index in [9.17, 15) is 19.4 Å². The molecule has 6 rings (SSSR count). The number of rotatable bonds is 19. The summed E-state index contributed by atoms with van der Waals surface area (Å²) in [7, 11) is 3.41. The Morgan fingerprint density at radius 1 is 1.02 bits per heavy atom. The average molecular weight is 813 g/mol. The van der Waals surface area contributed by atoms with E-state index >= 15 is 0 Å². The smallest absolute Gasteiger partial charge is 0.239 e. The molecule has 1 fully saturated rings. The van der Waals surface area contributed by atoms with Gasteiger partial charge in [-0.15, -0.1) is 6.58 Å². The SMILES string of the molecule is C=CCOC12Oc3ccc(OCc4ccccc4F)cc3C3C(CCCCO)C(CCCCO)C=C(C(=NOC(C)(C)C)CC1N(C)C(=O)Cc1cccc(OC)c1)C32. The molecule has 0 bridgehead atoms. The molecule has 318 valence electrons. The zero-order valence-electron chi connectivity index (χ0n) is 35.2. The van der Waals surface area contributed by atoms with E-state index in [1.807, 2.05) is 63.2 Å². The molecule has 3 aromatic carbocycles. The second-order valence-electron chi connectivity index (χ2n) is 16.9. The highest BCUT2D eigenvalue weighted by Crippen LogP contribution is 2.62. The molecule has 2 N–H and O–H groups in total. The van der Waals surface area contributed by atoms with Gasteiger partial charge in [-0.1, -0.05) is 60.5 Å². The van der Waals surface area contributed by atoms with Crippen molar-refractivity contribution < 1.29 is 43.2 Å². The van der Waals surface area contributed by atoms with E-state index in [1.54, 1.807) is 43.3 Å². The fraction of sp³-hybridized carbons (Fsp3) is 0.500. The number of carbonyl (C=O) groups excluding carboxylic acids is 1. The molecule has 59 heavy (non-hydrogen) atoms. The Kier molecular flexibility index (Phi) is 14.5. The van der Waals surface area contributed by atoms with Crippen LogP contribution in [-0.4, -0.2) is 78.1 Å². The van der Waals surface area contributed by atoms with Crippen molar-refractivity contribution in [2.45, 2.75) is 102 Å². The Hall–Kier alpha value is -4.71. The highest BCUT2D eigenvalue weighted by Gasteiger charge is 2.65. The number of methoxy groups -OCH3 is 1. The van der Waals surface area contributed by atoms with Crippen LogP contribution in [0.3, 0.4) is 0 Å². The topological polar surface area (TPSA) is 119 Å². The first kappa shape index (κ1) is 43.9. The van der Waals surface area contributed by atoms with Crippen LogP contribution in [0.15, 0.2) is 96.2 Å². The molecule has 0 aromatic heterocycles. The number of carbonyl (C=O) groups is 1. The zero-order valence-corrected chi connectivity index (χ0v) is 35.2. The first-order chi connectivity index (χ1) is 28.4. The Labute approximate surface area is 348 Å². The maximum Gasteiger partial charge on any atom is 0.239 e. The number of hydrogen-bond acceptors (Lipinski definition) is 9. The summed E-state index contributed by atoms with van der Waals surface area (Å²) in [6.45, 7) is 10.3. The van der Waals surface area contributed by atoms with E-state index in [0.29, 0.717) is 42.1 Å². The van der Waals surface area contributed by atoms with Gasteiger partial charge in [0.05, 0.1) is 31.8 Å². The molecule has 1 aliphatic heterocycles. The van der Waals surface area contributed by atoms with Crippen molar-refractivity contribution in [2.75, 3.05) is 34.0 Å². The number of fused-ring (bicyclic) bond motifs is 2. The second-order valence-corrected chi connectivity index (χ2v) is 16.9. The molecule has 3 aliphatic rings. The van der Waals surface area contributed by atoms with Gasteiger partial charge in [-0.05, 0) is 106 Å². The summed E-state index contributed by atoms with van der Waals surface area (Å²) in [6, 6.07) is 19.2. The predicted octanol–water partition coefficient (Wildman–Crippen LogP) is 8.55. The van der Waals surface area contributed by atoms with Crippen molar-refractivity contribution >= 4 is 11.6 Å². The van der Waals surface area contributed by atoms with Crippen molar-refractivity contribution in [1.82, 2.24) is 4.90 Å². The molecule has 10 nitrogen and oxygen atoms in total. The molecule has 0 saturated heterocycles. The van der Waals surface area contributed by atoms with Crippen LogP contribution in [0.4, 0.5) is 4.39 Å². The fourth-order valence-corrected chi connectivity index (χ4v) is 9.04. The third-order valence-electron chi connectivity index (χ3n) is 11.8. The number of aliphatic hydroxyl groups is 2. The quantitative estimate of drug-likeness (QED) is 0.0703. The lowest BCUT2D eigenvalue weighted by Gasteiger charge is -2.59. The molecule has 1 heterocycles. The van der Waals surface area contributed by atoms with Gasteiger partial charge in [-0.25, -0.2) is 4.39 Å². The summed E-state index contributed by atoms with van der Waals surface area (Å²) in [6.07, 6.45) is 9.00. The number of hydrogen-bond donors (Lipinski definition) is 2. The van der Waals surface area contributed by atoms with Crippen LogP contribution in [0.1, 0.15) is 88.3 Å². The van der Waals surface area contributed by atoms with Gasteiger partial charge in [-0.3, -0.25) is 4.79 Å². The molecule has 0 radical (unpaired) electrons. The molecular weight excluding hydrogens is 752 g/mol. The lowest BCUT2D eigenvalue weighted by atomic mass is 9.55. The lowest BCUT2D eigenvalue weighted by molar-refractivity contribution is -0.255. The summed E-state index contributed by atoms with van der Waals surface area (Å²) in [5, 5.41) is 24.7. The monoisotopic (exact) mass is 812 g/mol. The Bertz CT molecular complexity index is 1980. The number of likely N-dealkylation sites (N-methyl/N-ethyl adjacent to an activating group) is 1. The van der Waals surface area contributed by atoms with Crippen LogP contribution in [0.2, 0.25) is 0 Å². The van der Waals surface area contributed by atoms with E-state index < -0.39 is 23.3 Å². The van der Waals surface area contributed by atoms with Gasteiger partial charge in [0.1, 0.15) is 41.3 Å². The van der Waals surface area contributed by atoms with Crippen molar-refractivity contribution in [1.29, 1.82) is 0 Å². The molecule has 1 amide bonds. The molecule has 2 aliphatic carbocycles. The van der Waals surface area contributed by atoms with E-state index in [-0.39, 0.29) is 62.3 Å². The zero-order chi connectivity index (χ0) is 42.2. The summed E-state index contributed by atoms with van der Waals surface area (Å²) in [5.74, 6) is -0.552. The van der Waals surface area contributed by atoms with Gasteiger partial charge >= 0.3 is 0 Å². The van der Waals surface area contributed by atoms with Gasteiger partial charge in [0.15, 0.2) is 0 Å². The van der Waals surface area contributed by atoms with Crippen molar-refractivity contribution in [3.63, 3.8) is 0 Å². The van der Waals surface area contributed by atoms with Crippen LogP contribution in [-0.2, 0) is 27.4 Å². The van der Waals surface area contributed by atoms with Crippen LogP contribution < -0.4 is 14.2 Å². The molecular formula is C48H61FN2O8. The number of aliphatic hydroxyl groups excluding tert-OH is 2. The number of nitrogens with zero attached hydrogens (tertiary/aromatic N) is 2. The third kappa shape index (κ3) is 10.0. The maximum absolute atomic E-state index is 14.7. The maximum atomic E-state index is 14.7. The summed E-state index contributed by atoms with van der Waals surface area (Å²) in [5.41, 5.74) is 3.26. The van der Waals surface area contributed by atoms with Crippen LogP contribution in [0, 0.1) is 23.6 Å². The molecule has 3 aromatic rings. The normalized spacial score (nSPS) is 24.0. The molecule has 11 heteroatoms. The van der Waals surface area contributed by atoms with Crippen LogP contribution in [0.5, 0.6) is 17.2 Å². The van der Waals surface area contributed by atoms with Gasteiger partial charge in [0.25, 0.3) is 0 Å².